The van der Waals surface area contributed by atoms with E-state index in [0.29, 0.717) is 12.8 Å². The van der Waals surface area contributed by atoms with Crippen LogP contribution in [0.15, 0.2) is 24.3 Å². The molecule has 0 spiro atoms. The highest BCUT2D eigenvalue weighted by Crippen LogP contribution is 2.31. The molecule has 1 amide bonds. The number of aryl methyl sites for hydroxylation is 1. The van der Waals surface area contributed by atoms with E-state index in [-0.39, 0.29) is 5.91 Å². The first-order valence-electron chi connectivity index (χ1n) is 7.23. The number of carboxylic acid groups (broad SMARTS) is 1. The van der Waals surface area contributed by atoms with Gasteiger partial charge in [-0.25, -0.2) is 0 Å². The predicted molar refractivity (Wildman–Crippen MR) is 74.9 cm³/mol. The van der Waals surface area contributed by atoms with Gasteiger partial charge in [-0.2, -0.15) is 0 Å². The van der Waals surface area contributed by atoms with Gasteiger partial charge in [-0.15, -0.1) is 0 Å². The fourth-order valence-electron chi connectivity index (χ4n) is 2.90. The molecule has 108 valence electrons. The first-order valence-corrected chi connectivity index (χ1v) is 7.23. The maximum Gasteiger partial charge on any atom is 0.228 e. The van der Waals surface area contributed by atoms with Crippen molar-refractivity contribution in [2.75, 3.05) is 5.32 Å². The molecule has 0 unspecified atom stereocenters. The molecule has 2 rings (SSSR count). The van der Waals surface area contributed by atoms with Gasteiger partial charge in [0.15, 0.2) is 0 Å². The molecule has 0 bridgehead atoms. The zero-order chi connectivity index (χ0) is 14.5. The van der Waals surface area contributed by atoms with E-state index in [4.69, 9.17) is 0 Å². The SMILES string of the molecule is CCc1ccccc1NC(=O)[C@@H]1CCCC[C@@H]1C(=O)[O-]. The number of carboxylic acids is 1. The van der Waals surface area contributed by atoms with Gasteiger partial charge in [-0.05, 0) is 30.9 Å². The van der Waals surface area contributed by atoms with Crippen molar-refractivity contribution in [3.05, 3.63) is 29.8 Å². The number of anilines is 1. The van der Waals surface area contributed by atoms with Crippen molar-refractivity contribution in [3.63, 3.8) is 0 Å². The van der Waals surface area contributed by atoms with E-state index in [1.807, 2.05) is 31.2 Å². The van der Waals surface area contributed by atoms with E-state index in [9.17, 15) is 14.7 Å². The van der Waals surface area contributed by atoms with Crippen LogP contribution in [0.3, 0.4) is 0 Å². The van der Waals surface area contributed by atoms with Gasteiger partial charge in [0, 0.05) is 23.5 Å². The minimum Gasteiger partial charge on any atom is -0.550 e. The summed E-state index contributed by atoms with van der Waals surface area (Å²) in [4.78, 5) is 23.5. The molecule has 0 saturated heterocycles. The Hall–Kier alpha value is -1.84. The van der Waals surface area contributed by atoms with Crippen molar-refractivity contribution < 1.29 is 14.7 Å². The lowest BCUT2D eigenvalue weighted by molar-refractivity contribution is -0.313. The second-order valence-electron chi connectivity index (χ2n) is 5.32. The Balaban J connectivity index is 2.12. The molecule has 1 N–H and O–H groups in total. The molecule has 4 nitrogen and oxygen atoms in total. The van der Waals surface area contributed by atoms with E-state index in [2.05, 4.69) is 5.32 Å². The van der Waals surface area contributed by atoms with Gasteiger partial charge in [0.25, 0.3) is 0 Å². The molecule has 0 aromatic heterocycles. The predicted octanol–water partition coefficient (Wildman–Crippen LogP) is 1.74. The summed E-state index contributed by atoms with van der Waals surface area (Å²) < 4.78 is 0. The van der Waals surface area contributed by atoms with Crippen LogP contribution in [0.2, 0.25) is 0 Å². The molecule has 20 heavy (non-hydrogen) atoms. The van der Waals surface area contributed by atoms with Gasteiger partial charge >= 0.3 is 0 Å². The zero-order valence-corrected chi connectivity index (χ0v) is 11.7. The third-order valence-corrected chi connectivity index (χ3v) is 4.06. The number of carbonyl (C=O) groups is 2. The minimum atomic E-state index is -1.10. The lowest BCUT2D eigenvalue weighted by Gasteiger charge is -2.31. The number of para-hydroxylation sites is 1. The standard InChI is InChI=1S/C16H21NO3/c1-2-11-7-3-6-10-14(11)17-15(18)12-8-4-5-9-13(12)16(19)20/h3,6-7,10,12-13H,2,4-5,8-9H2,1H3,(H,17,18)(H,19,20)/p-1/t12-,13+/m1/s1. The molecule has 1 aliphatic carbocycles. The summed E-state index contributed by atoms with van der Waals surface area (Å²) in [6, 6.07) is 7.62. The van der Waals surface area contributed by atoms with Gasteiger partial charge in [0.05, 0.1) is 0 Å². The third kappa shape index (κ3) is 3.18. The zero-order valence-electron chi connectivity index (χ0n) is 11.7. The fourth-order valence-corrected chi connectivity index (χ4v) is 2.90. The molecule has 1 aromatic carbocycles. The van der Waals surface area contributed by atoms with Crippen LogP contribution in [-0.2, 0) is 16.0 Å². The summed E-state index contributed by atoms with van der Waals surface area (Å²) in [6.07, 6.45) is 3.74. The van der Waals surface area contributed by atoms with Crippen molar-refractivity contribution in [3.8, 4) is 0 Å². The van der Waals surface area contributed by atoms with Gasteiger partial charge in [-0.1, -0.05) is 38.0 Å². The monoisotopic (exact) mass is 274 g/mol. The van der Waals surface area contributed by atoms with E-state index in [1.54, 1.807) is 0 Å². The van der Waals surface area contributed by atoms with Crippen LogP contribution >= 0.6 is 0 Å². The smallest absolute Gasteiger partial charge is 0.228 e. The number of benzene rings is 1. The number of nitrogens with one attached hydrogen (secondary N) is 1. The lowest BCUT2D eigenvalue weighted by atomic mass is 9.78. The quantitative estimate of drug-likeness (QED) is 0.909. The molecule has 4 heteroatoms. The average Bonchev–Trinajstić information content (AvgIpc) is 2.47. The number of carbonyl (C=O) groups excluding carboxylic acids is 2. The van der Waals surface area contributed by atoms with Crippen LogP contribution in [0, 0.1) is 11.8 Å². The molecule has 2 atom stereocenters. The molecule has 1 fully saturated rings. The maximum atomic E-state index is 12.3. The van der Waals surface area contributed by atoms with Crippen LogP contribution < -0.4 is 10.4 Å². The summed E-state index contributed by atoms with van der Waals surface area (Å²) in [6.45, 7) is 2.02. The number of hydrogen-bond donors (Lipinski definition) is 1. The normalized spacial score (nSPS) is 22.2. The Kier molecular flexibility index (Phi) is 4.77. The summed E-state index contributed by atoms with van der Waals surface area (Å²) in [7, 11) is 0. The van der Waals surface area contributed by atoms with Gasteiger partial charge in [-0.3, -0.25) is 4.79 Å². The summed E-state index contributed by atoms with van der Waals surface area (Å²) in [5.74, 6) is -2.43. The molecular weight excluding hydrogens is 254 g/mol. The van der Waals surface area contributed by atoms with Gasteiger partial charge < -0.3 is 15.2 Å². The number of amides is 1. The maximum absolute atomic E-state index is 12.3. The van der Waals surface area contributed by atoms with Crippen LogP contribution in [-0.4, -0.2) is 11.9 Å². The number of rotatable bonds is 4. The minimum absolute atomic E-state index is 0.195. The van der Waals surface area contributed by atoms with E-state index >= 15 is 0 Å². The van der Waals surface area contributed by atoms with Crippen LogP contribution in [0.4, 0.5) is 5.69 Å². The first-order chi connectivity index (χ1) is 9.63. The molecule has 0 heterocycles. The highest BCUT2D eigenvalue weighted by molar-refractivity contribution is 5.95. The third-order valence-electron chi connectivity index (χ3n) is 4.06. The molecule has 1 aromatic rings. The highest BCUT2D eigenvalue weighted by atomic mass is 16.4. The Morgan fingerprint density at radius 2 is 1.85 bits per heavy atom. The van der Waals surface area contributed by atoms with E-state index in [0.717, 1.165) is 30.5 Å². The van der Waals surface area contributed by atoms with Gasteiger partial charge in [0.1, 0.15) is 0 Å². The Labute approximate surface area is 119 Å². The Bertz CT molecular complexity index is 498. The summed E-state index contributed by atoms with van der Waals surface area (Å²) in [5, 5.41) is 14.0. The Morgan fingerprint density at radius 1 is 1.20 bits per heavy atom. The second kappa shape index (κ2) is 6.55. The summed E-state index contributed by atoms with van der Waals surface area (Å²) in [5.41, 5.74) is 1.84. The molecule has 1 saturated carbocycles. The molecular formula is C16H20NO3-. The molecule has 0 radical (unpaired) electrons. The summed E-state index contributed by atoms with van der Waals surface area (Å²) >= 11 is 0. The van der Waals surface area contributed by atoms with Crippen molar-refractivity contribution in [2.45, 2.75) is 39.0 Å². The van der Waals surface area contributed by atoms with Crippen molar-refractivity contribution >= 4 is 17.6 Å². The topological polar surface area (TPSA) is 69.2 Å². The van der Waals surface area contributed by atoms with E-state index in [1.165, 1.54) is 0 Å². The van der Waals surface area contributed by atoms with Crippen LogP contribution in [0.25, 0.3) is 0 Å². The second-order valence-corrected chi connectivity index (χ2v) is 5.32. The molecule has 1 aliphatic rings. The molecule has 0 aliphatic heterocycles. The largest absolute Gasteiger partial charge is 0.550 e. The average molecular weight is 274 g/mol. The Morgan fingerprint density at radius 3 is 2.50 bits per heavy atom. The van der Waals surface area contributed by atoms with Gasteiger partial charge in [0.2, 0.25) is 5.91 Å². The van der Waals surface area contributed by atoms with Crippen molar-refractivity contribution in [2.24, 2.45) is 11.8 Å². The number of hydrogen-bond acceptors (Lipinski definition) is 3. The van der Waals surface area contributed by atoms with Crippen molar-refractivity contribution in [1.29, 1.82) is 0 Å². The first kappa shape index (κ1) is 14.6. The van der Waals surface area contributed by atoms with E-state index < -0.39 is 17.8 Å². The fraction of sp³-hybridized carbons (Fsp3) is 0.500. The van der Waals surface area contributed by atoms with Crippen LogP contribution in [0.1, 0.15) is 38.2 Å². The number of aliphatic carboxylic acids is 1. The van der Waals surface area contributed by atoms with Crippen LogP contribution in [0.5, 0.6) is 0 Å². The lowest BCUT2D eigenvalue weighted by Crippen LogP contribution is -2.42. The highest BCUT2D eigenvalue weighted by Gasteiger charge is 2.31. The van der Waals surface area contributed by atoms with Crippen molar-refractivity contribution in [1.82, 2.24) is 0 Å².